The van der Waals surface area contributed by atoms with Crippen molar-refractivity contribution in [1.29, 1.82) is 0 Å². The van der Waals surface area contributed by atoms with Crippen LogP contribution in [0.3, 0.4) is 0 Å². The van der Waals surface area contributed by atoms with E-state index >= 15 is 0 Å². The number of nitrogens with one attached hydrogen (secondary N) is 1. The van der Waals surface area contributed by atoms with E-state index in [1.54, 1.807) is 0 Å². The number of likely N-dealkylation sites (tertiary alicyclic amines) is 1. The number of piperidine rings is 1. The molecule has 1 aliphatic carbocycles. The van der Waals surface area contributed by atoms with Gasteiger partial charge in [0.15, 0.2) is 0 Å². The Balaban J connectivity index is 1.78. The van der Waals surface area contributed by atoms with E-state index in [-0.39, 0.29) is 18.1 Å². The highest BCUT2D eigenvalue weighted by Gasteiger charge is 2.33. The fraction of sp³-hybridized carbons (Fsp3) is 0.923. The Kier molecular flexibility index (Phi) is 4.40. The summed E-state index contributed by atoms with van der Waals surface area (Å²) in [4.78, 5) is 13.9. The third-order valence-corrected chi connectivity index (χ3v) is 4.19. The molecule has 0 unspecified atom stereocenters. The number of nitrogens with zero attached hydrogens (tertiary/aromatic N) is 1. The van der Waals surface area contributed by atoms with Gasteiger partial charge in [-0.25, -0.2) is 0 Å². The van der Waals surface area contributed by atoms with E-state index in [0.29, 0.717) is 6.54 Å². The highest BCUT2D eigenvalue weighted by Crippen LogP contribution is 2.28. The number of hydrogen-bond acceptors (Lipinski definition) is 3. The Morgan fingerprint density at radius 3 is 2.35 bits per heavy atom. The van der Waals surface area contributed by atoms with Gasteiger partial charge in [0.25, 0.3) is 0 Å². The first kappa shape index (κ1) is 12.8. The molecule has 2 fully saturated rings. The number of hydrogen-bond donors (Lipinski definition) is 2. The lowest BCUT2D eigenvalue weighted by Gasteiger charge is -2.31. The van der Waals surface area contributed by atoms with Crippen molar-refractivity contribution in [3.05, 3.63) is 0 Å². The molecule has 0 aromatic carbocycles. The van der Waals surface area contributed by atoms with Crippen molar-refractivity contribution >= 4 is 5.91 Å². The van der Waals surface area contributed by atoms with E-state index < -0.39 is 0 Å². The number of carbonyl (C=O) groups is 1. The number of aliphatic hydroxyl groups excluding tert-OH is 1. The maximum absolute atomic E-state index is 12.0. The number of amides is 1. The van der Waals surface area contributed by atoms with Crippen LogP contribution >= 0.6 is 0 Å². The summed E-state index contributed by atoms with van der Waals surface area (Å²) in [6.07, 6.45) is 7.83. The van der Waals surface area contributed by atoms with E-state index in [9.17, 15) is 9.90 Å². The molecule has 1 heterocycles. The zero-order valence-corrected chi connectivity index (χ0v) is 10.6. The van der Waals surface area contributed by atoms with Gasteiger partial charge in [0.2, 0.25) is 5.91 Å². The Morgan fingerprint density at radius 1 is 1.12 bits per heavy atom. The van der Waals surface area contributed by atoms with Crippen LogP contribution in [0.15, 0.2) is 0 Å². The van der Waals surface area contributed by atoms with Crippen molar-refractivity contribution in [3.8, 4) is 0 Å². The zero-order chi connectivity index (χ0) is 12.1. The van der Waals surface area contributed by atoms with E-state index in [1.165, 1.54) is 6.42 Å². The zero-order valence-electron chi connectivity index (χ0n) is 10.6. The molecule has 2 N–H and O–H groups in total. The van der Waals surface area contributed by atoms with Crippen LogP contribution in [0.4, 0.5) is 0 Å². The summed E-state index contributed by atoms with van der Waals surface area (Å²) in [6, 6.07) is 0. The molecule has 1 amide bonds. The number of rotatable bonds is 4. The summed E-state index contributed by atoms with van der Waals surface area (Å²) in [6.45, 7) is 2.36. The van der Waals surface area contributed by atoms with Gasteiger partial charge >= 0.3 is 0 Å². The van der Waals surface area contributed by atoms with Gasteiger partial charge in [-0.3, -0.25) is 4.79 Å². The van der Waals surface area contributed by atoms with Gasteiger partial charge in [-0.15, -0.1) is 0 Å². The predicted molar refractivity (Wildman–Crippen MR) is 66.7 cm³/mol. The molecule has 4 nitrogen and oxygen atoms in total. The summed E-state index contributed by atoms with van der Waals surface area (Å²) < 4.78 is 0. The lowest BCUT2D eigenvalue weighted by atomic mass is 9.99. The average Bonchev–Trinajstić information content (AvgIpc) is 2.86. The Morgan fingerprint density at radius 2 is 1.76 bits per heavy atom. The predicted octanol–water partition coefficient (Wildman–Crippen LogP) is 0.894. The first-order valence-corrected chi connectivity index (χ1v) is 6.89. The molecule has 98 valence electrons. The molecule has 2 aliphatic rings. The van der Waals surface area contributed by atoms with Crippen LogP contribution in [0.25, 0.3) is 0 Å². The van der Waals surface area contributed by atoms with Crippen LogP contribution < -0.4 is 5.32 Å². The van der Waals surface area contributed by atoms with Crippen LogP contribution in [-0.4, -0.2) is 47.7 Å². The molecule has 17 heavy (non-hydrogen) atoms. The van der Waals surface area contributed by atoms with Crippen LogP contribution in [0.1, 0.15) is 44.9 Å². The summed E-state index contributed by atoms with van der Waals surface area (Å²) in [5, 5.41) is 12.8. The van der Waals surface area contributed by atoms with E-state index in [4.69, 9.17) is 0 Å². The summed E-state index contributed by atoms with van der Waals surface area (Å²) in [5.41, 5.74) is -0.175. The van der Waals surface area contributed by atoms with E-state index in [0.717, 1.165) is 51.6 Å². The molecular formula is C13H24N2O2. The maximum Gasteiger partial charge on any atom is 0.236 e. The molecule has 0 atom stereocenters. The van der Waals surface area contributed by atoms with Gasteiger partial charge in [0.1, 0.15) is 0 Å². The number of carbonyl (C=O) groups excluding carboxylic acids is 1. The van der Waals surface area contributed by atoms with Crippen LogP contribution in [0.2, 0.25) is 0 Å². The first-order valence-electron chi connectivity index (χ1n) is 6.89. The summed E-state index contributed by atoms with van der Waals surface area (Å²) >= 11 is 0. The summed E-state index contributed by atoms with van der Waals surface area (Å²) in [7, 11) is 0. The second-order valence-electron chi connectivity index (χ2n) is 5.44. The van der Waals surface area contributed by atoms with Crippen molar-refractivity contribution in [2.24, 2.45) is 0 Å². The number of aliphatic hydroxyl groups is 1. The smallest absolute Gasteiger partial charge is 0.236 e. The topological polar surface area (TPSA) is 52.6 Å². The van der Waals surface area contributed by atoms with Crippen molar-refractivity contribution in [2.45, 2.75) is 50.5 Å². The Bertz CT molecular complexity index is 256. The molecule has 0 aromatic rings. The second-order valence-corrected chi connectivity index (χ2v) is 5.44. The fourth-order valence-electron chi connectivity index (χ4n) is 2.96. The first-order chi connectivity index (χ1) is 8.26. The van der Waals surface area contributed by atoms with Crippen molar-refractivity contribution in [1.82, 2.24) is 10.2 Å². The molecule has 1 saturated heterocycles. The molecule has 1 aliphatic heterocycles. The SMILES string of the molecule is O=C(CNC1(CO)CCCC1)N1CCCCC1. The van der Waals surface area contributed by atoms with Crippen LogP contribution in [-0.2, 0) is 4.79 Å². The fourth-order valence-corrected chi connectivity index (χ4v) is 2.96. The minimum Gasteiger partial charge on any atom is -0.394 e. The molecule has 0 aromatic heterocycles. The largest absolute Gasteiger partial charge is 0.394 e. The third kappa shape index (κ3) is 3.19. The van der Waals surface area contributed by atoms with Gasteiger partial charge in [-0.2, -0.15) is 0 Å². The van der Waals surface area contributed by atoms with Crippen molar-refractivity contribution < 1.29 is 9.90 Å². The minimum atomic E-state index is -0.175. The van der Waals surface area contributed by atoms with Gasteiger partial charge in [-0.1, -0.05) is 12.8 Å². The van der Waals surface area contributed by atoms with Crippen LogP contribution in [0, 0.1) is 0 Å². The molecule has 0 spiro atoms. The molecule has 1 saturated carbocycles. The van der Waals surface area contributed by atoms with E-state index in [1.807, 2.05) is 4.90 Å². The molecule has 2 rings (SSSR count). The van der Waals surface area contributed by atoms with Gasteiger partial charge in [-0.05, 0) is 32.1 Å². The monoisotopic (exact) mass is 240 g/mol. The Hall–Kier alpha value is -0.610. The lowest BCUT2D eigenvalue weighted by molar-refractivity contribution is -0.131. The highest BCUT2D eigenvalue weighted by molar-refractivity contribution is 5.78. The maximum atomic E-state index is 12.0. The molecule has 0 radical (unpaired) electrons. The van der Waals surface area contributed by atoms with Crippen molar-refractivity contribution in [2.75, 3.05) is 26.2 Å². The molecule has 0 bridgehead atoms. The highest BCUT2D eigenvalue weighted by atomic mass is 16.3. The molecular weight excluding hydrogens is 216 g/mol. The van der Waals surface area contributed by atoms with Gasteiger partial charge in [0, 0.05) is 18.6 Å². The second kappa shape index (κ2) is 5.83. The third-order valence-electron chi connectivity index (χ3n) is 4.19. The summed E-state index contributed by atoms with van der Waals surface area (Å²) in [5.74, 6) is 0.199. The standard InChI is InChI=1S/C13H24N2O2/c16-11-13(6-2-3-7-13)14-10-12(17)15-8-4-1-5-9-15/h14,16H,1-11H2. The van der Waals surface area contributed by atoms with E-state index in [2.05, 4.69) is 5.32 Å². The van der Waals surface area contributed by atoms with Gasteiger partial charge in [0.05, 0.1) is 13.2 Å². The molecule has 4 heteroatoms. The normalized spacial score (nSPS) is 23.9. The quantitative estimate of drug-likeness (QED) is 0.767. The lowest BCUT2D eigenvalue weighted by Crippen LogP contribution is -2.51. The Labute approximate surface area is 103 Å². The average molecular weight is 240 g/mol. The van der Waals surface area contributed by atoms with Crippen LogP contribution in [0.5, 0.6) is 0 Å². The van der Waals surface area contributed by atoms with Crippen molar-refractivity contribution in [3.63, 3.8) is 0 Å². The van der Waals surface area contributed by atoms with Gasteiger partial charge < -0.3 is 15.3 Å². The minimum absolute atomic E-state index is 0.153.